The monoisotopic (exact) mass is 497 g/mol. The minimum Gasteiger partial charge on any atom is -0.497 e. The lowest BCUT2D eigenvalue weighted by Crippen LogP contribution is -2.21. The SMILES string of the molecule is CCOC(=O)c1cc(OCC2CCOCC2)c2c(C(C)C)nn(Cc3ccc(OC)cc3OC)c2n1. The maximum absolute atomic E-state index is 12.7. The third-order valence-corrected chi connectivity index (χ3v) is 6.35. The van der Waals surface area contributed by atoms with Crippen molar-refractivity contribution >= 4 is 17.0 Å². The average Bonchev–Trinajstić information content (AvgIpc) is 3.27. The van der Waals surface area contributed by atoms with Gasteiger partial charge in [-0.1, -0.05) is 13.8 Å². The zero-order valence-corrected chi connectivity index (χ0v) is 21.7. The van der Waals surface area contributed by atoms with Crippen molar-refractivity contribution in [3.8, 4) is 17.2 Å². The minimum atomic E-state index is -0.490. The molecule has 1 aliphatic heterocycles. The molecule has 1 aromatic carbocycles. The van der Waals surface area contributed by atoms with Crippen molar-refractivity contribution in [3.63, 3.8) is 0 Å². The number of rotatable bonds is 10. The highest BCUT2D eigenvalue weighted by Crippen LogP contribution is 2.35. The van der Waals surface area contributed by atoms with Crippen LogP contribution in [-0.4, -0.2) is 61.4 Å². The lowest BCUT2D eigenvalue weighted by Gasteiger charge is -2.22. The molecule has 0 N–H and O–H groups in total. The van der Waals surface area contributed by atoms with Gasteiger partial charge in [-0.25, -0.2) is 14.5 Å². The van der Waals surface area contributed by atoms with E-state index in [0.717, 1.165) is 42.7 Å². The maximum Gasteiger partial charge on any atom is 0.357 e. The Balaban J connectivity index is 1.80. The summed E-state index contributed by atoms with van der Waals surface area (Å²) < 4.78 is 29.8. The molecule has 0 spiro atoms. The second-order valence-electron chi connectivity index (χ2n) is 9.17. The van der Waals surface area contributed by atoms with Gasteiger partial charge in [0.1, 0.15) is 17.2 Å². The molecule has 0 amide bonds. The minimum absolute atomic E-state index is 0.118. The molecule has 0 aliphatic carbocycles. The van der Waals surface area contributed by atoms with Crippen LogP contribution in [0.15, 0.2) is 24.3 Å². The van der Waals surface area contributed by atoms with Crippen LogP contribution in [0, 0.1) is 5.92 Å². The summed E-state index contributed by atoms with van der Waals surface area (Å²) in [6, 6.07) is 7.35. The molecular weight excluding hydrogens is 462 g/mol. The summed E-state index contributed by atoms with van der Waals surface area (Å²) in [7, 11) is 3.24. The second kappa shape index (κ2) is 11.6. The van der Waals surface area contributed by atoms with Crippen molar-refractivity contribution in [1.29, 1.82) is 0 Å². The van der Waals surface area contributed by atoms with Gasteiger partial charge in [-0.2, -0.15) is 5.10 Å². The van der Waals surface area contributed by atoms with E-state index in [2.05, 4.69) is 13.8 Å². The summed E-state index contributed by atoms with van der Waals surface area (Å²) in [6.45, 7) is 8.63. The quantitative estimate of drug-likeness (QED) is 0.375. The van der Waals surface area contributed by atoms with Gasteiger partial charge in [-0.3, -0.25) is 0 Å². The fourth-order valence-electron chi connectivity index (χ4n) is 4.37. The number of carbonyl (C=O) groups excluding carboxylic acids is 1. The van der Waals surface area contributed by atoms with E-state index in [1.807, 2.05) is 18.2 Å². The van der Waals surface area contributed by atoms with E-state index in [1.165, 1.54) is 0 Å². The van der Waals surface area contributed by atoms with Crippen LogP contribution in [0.25, 0.3) is 11.0 Å². The van der Waals surface area contributed by atoms with Crippen LogP contribution in [0.5, 0.6) is 17.2 Å². The van der Waals surface area contributed by atoms with Crippen molar-refractivity contribution in [2.45, 2.75) is 46.1 Å². The van der Waals surface area contributed by atoms with Crippen LogP contribution < -0.4 is 14.2 Å². The molecule has 3 aromatic rings. The fourth-order valence-corrected chi connectivity index (χ4v) is 4.37. The average molecular weight is 498 g/mol. The summed E-state index contributed by atoms with van der Waals surface area (Å²) in [4.78, 5) is 17.4. The summed E-state index contributed by atoms with van der Waals surface area (Å²) in [5.41, 5.74) is 2.54. The lowest BCUT2D eigenvalue weighted by molar-refractivity contribution is 0.0496. The van der Waals surface area contributed by atoms with Crippen molar-refractivity contribution < 1.29 is 28.5 Å². The van der Waals surface area contributed by atoms with Crippen LogP contribution in [0.3, 0.4) is 0 Å². The molecule has 0 bridgehead atoms. The molecule has 9 nitrogen and oxygen atoms in total. The van der Waals surface area contributed by atoms with Gasteiger partial charge in [0.25, 0.3) is 0 Å². The number of fused-ring (bicyclic) bond motifs is 1. The van der Waals surface area contributed by atoms with Gasteiger partial charge in [0.15, 0.2) is 11.3 Å². The Kier molecular flexibility index (Phi) is 8.30. The third kappa shape index (κ3) is 5.56. The van der Waals surface area contributed by atoms with E-state index in [0.29, 0.717) is 42.0 Å². The molecule has 4 rings (SSSR count). The number of aromatic nitrogens is 3. The van der Waals surface area contributed by atoms with Gasteiger partial charge in [-0.15, -0.1) is 0 Å². The molecule has 0 saturated carbocycles. The molecule has 0 radical (unpaired) electrons. The number of carbonyl (C=O) groups is 1. The zero-order chi connectivity index (χ0) is 25.7. The van der Waals surface area contributed by atoms with Gasteiger partial charge >= 0.3 is 5.97 Å². The van der Waals surface area contributed by atoms with E-state index in [9.17, 15) is 4.79 Å². The first kappa shape index (κ1) is 25.8. The Hall–Kier alpha value is -3.33. The van der Waals surface area contributed by atoms with Gasteiger partial charge in [0, 0.05) is 30.9 Å². The van der Waals surface area contributed by atoms with Gasteiger partial charge < -0.3 is 23.7 Å². The van der Waals surface area contributed by atoms with Crippen LogP contribution in [0.4, 0.5) is 0 Å². The Labute approximate surface area is 211 Å². The molecule has 36 heavy (non-hydrogen) atoms. The fraction of sp³-hybridized carbons (Fsp3) is 0.519. The molecule has 3 heterocycles. The molecule has 2 aromatic heterocycles. The Morgan fingerprint density at radius 1 is 1.14 bits per heavy atom. The van der Waals surface area contributed by atoms with E-state index in [1.54, 1.807) is 31.9 Å². The number of nitrogens with zero attached hydrogens (tertiary/aromatic N) is 3. The third-order valence-electron chi connectivity index (χ3n) is 6.35. The van der Waals surface area contributed by atoms with Gasteiger partial charge in [0.05, 0.1) is 45.1 Å². The van der Waals surface area contributed by atoms with Crippen LogP contribution >= 0.6 is 0 Å². The number of methoxy groups -OCH3 is 2. The number of hydrogen-bond acceptors (Lipinski definition) is 8. The highest BCUT2D eigenvalue weighted by atomic mass is 16.5. The predicted octanol–water partition coefficient (Wildman–Crippen LogP) is 4.60. The molecule has 194 valence electrons. The van der Waals surface area contributed by atoms with E-state index >= 15 is 0 Å². The van der Waals surface area contributed by atoms with Crippen molar-refractivity contribution in [2.24, 2.45) is 5.92 Å². The number of pyridine rings is 1. The standard InChI is InChI=1S/C27H35N3O6/c1-6-35-27(31)21-14-23(36-16-18-9-11-34-12-10-18)24-25(17(2)3)29-30(26(24)28-21)15-19-7-8-20(32-4)13-22(19)33-5/h7-8,13-14,17-18H,6,9-12,15-16H2,1-5H3. The van der Waals surface area contributed by atoms with Gasteiger partial charge in [-0.05, 0) is 43.7 Å². The van der Waals surface area contributed by atoms with Crippen LogP contribution in [0.1, 0.15) is 61.3 Å². The Morgan fingerprint density at radius 2 is 1.92 bits per heavy atom. The summed E-state index contributed by atoms with van der Waals surface area (Å²) in [5.74, 6) is 2.01. The van der Waals surface area contributed by atoms with Crippen molar-refractivity contribution in [1.82, 2.24) is 14.8 Å². The molecular formula is C27H35N3O6. The second-order valence-corrected chi connectivity index (χ2v) is 9.17. The molecule has 1 fully saturated rings. The summed E-state index contributed by atoms with van der Waals surface area (Å²) >= 11 is 0. The number of esters is 1. The first-order chi connectivity index (χ1) is 17.4. The molecule has 1 saturated heterocycles. The van der Waals surface area contributed by atoms with E-state index in [4.69, 9.17) is 33.8 Å². The first-order valence-corrected chi connectivity index (χ1v) is 12.4. The lowest BCUT2D eigenvalue weighted by atomic mass is 10.0. The zero-order valence-electron chi connectivity index (χ0n) is 21.7. The maximum atomic E-state index is 12.7. The molecule has 9 heteroatoms. The highest BCUT2D eigenvalue weighted by Gasteiger charge is 2.25. The number of ether oxygens (including phenoxy) is 5. The number of hydrogen-bond donors (Lipinski definition) is 0. The first-order valence-electron chi connectivity index (χ1n) is 12.4. The van der Waals surface area contributed by atoms with Crippen LogP contribution in [-0.2, 0) is 16.0 Å². The van der Waals surface area contributed by atoms with E-state index < -0.39 is 5.97 Å². The predicted molar refractivity (Wildman–Crippen MR) is 135 cm³/mol. The molecule has 1 aliphatic rings. The van der Waals surface area contributed by atoms with E-state index in [-0.39, 0.29) is 18.2 Å². The van der Waals surface area contributed by atoms with Gasteiger partial charge in [0.2, 0.25) is 0 Å². The van der Waals surface area contributed by atoms with Crippen molar-refractivity contribution in [3.05, 3.63) is 41.2 Å². The smallest absolute Gasteiger partial charge is 0.357 e. The highest BCUT2D eigenvalue weighted by molar-refractivity contribution is 5.94. The Morgan fingerprint density at radius 3 is 2.58 bits per heavy atom. The summed E-state index contributed by atoms with van der Waals surface area (Å²) in [5, 5.41) is 5.74. The number of benzene rings is 1. The Bertz CT molecular complexity index is 1200. The largest absolute Gasteiger partial charge is 0.497 e. The topological polar surface area (TPSA) is 93.9 Å². The van der Waals surface area contributed by atoms with Crippen molar-refractivity contribution in [2.75, 3.05) is 40.6 Å². The normalized spacial score (nSPS) is 14.3. The molecule has 0 unspecified atom stereocenters. The summed E-state index contributed by atoms with van der Waals surface area (Å²) in [6.07, 6.45) is 1.90. The van der Waals surface area contributed by atoms with Crippen LogP contribution in [0.2, 0.25) is 0 Å². The molecule has 0 atom stereocenters.